The first kappa shape index (κ1) is 11.8. The van der Waals surface area contributed by atoms with Crippen LogP contribution in [0.3, 0.4) is 0 Å². The van der Waals surface area contributed by atoms with Crippen molar-refractivity contribution in [1.29, 1.82) is 0 Å². The molecule has 2 aromatic rings. The normalized spacial score (nSPS) is 12.5. The minimum absolute atomic E-state index is 0.294. The van der Waals surface area contributed by atoms with Crippen LogP contribution >= 0.6 is 11.3 Å². The largest absolute Gasteiger partial charge is 0.481 e. The SMILES string of the molecule is CCC(C(=O)O)C(=O)c1csc2ccccc12. The third kappa shape index (κ3) is 2.08. The molecule has 0 fully saturated rings. The second-order valence-corrected chi connectivity index (χ2v) is 4.72. The molecule has 1 atom stereocenters. The van der Waals surface area contributed by atoms with Crippen molar-refractivity contribution >= 4 is 33.2 Å². The van der Waals surface area contributed by atoms with Crippen LogP contribution in [-0.4, -0.2) is 16.9 Å². The maximum Gasteiger partial charge on any atom is 0.314 e. The third-order valence-corrected chi connectivity index (χ3v) is 3.73. The Morgan fingerprint density at radius 1 is 1.35 bits per heavy atom. The van der Waals surface area contributed by atoms with Gasteiger partial charge in [-0.2, -0.15) is 0 Å². The second kappa shape index (κ2) is 4.67. The van der Waals surface area contributed by atoms with Gasteiger partial charge in [0, 0.05) is 21.0 Å². The summed E-state index contributed by atoms with van der Waals surface area (Å²) in [6.45, 7) is 1.71. The molecule has 1 unspecified atom stereocenters. The number of carbonyl (C=O) groups is 2. The monoisotopic (exact) mass is 248 g/mol. The van der Waals surface area contributed by atoms with Crippen molar-refractivity contribution in [3.63, 3.8) is 0 Å². The number of aliphatic carboxylic acids is 1. The average Bonchev–Trinajstić information content (AvgIpc) is 2.72. The molecule has 2 rings (SSSR count). The first-order chi connectivity index (χ1) is 8.15. The zero-order valence-electron chi connectivity index (χ0n) is 9.34. The van der Waals surface area contributed by atoms with Gasteiger partial charge in [-0.25, -0.2) is 0 Å². The summed E-state index contributed by atoms with van der Waals surface area (Å²) in [6.07, 6.45) is 0.318. The molecule has 88 valence electrons. The summed E-state index contributed by atoms with van der Waals surface area (Å²) in [5.74, 6) is -2.28. The predicted molar refractivity (Wildman–Crippen MR) is 67.6 cm³/mol. The van der Waals surface area contributed by atoms with Gasteiger partial charge in [-0.15, -0.1) is 11.3 Å². The average molecular weight is 248 g/mol. The van der Waals surface area contributed by atoms with Crippen LogP contribution in [0.5, 0.6) is 0 Å². The van der Waals surface area contributed by atoms with Gasteiger partial charge >= 0.3 is 5.97 Å². The molecule has 1 N–H and O–H groups in total. The number of rotatable bonds is 4. The number of Topliss-reactive ketones (excluding diaryl/α,β-unsaturated/α-hetero) is 1. The molecule has 0 saturated carbocycles. The van der Waals surface area contributed by atoms with E-state index in [9.17, 15) is 9.59 Å². The Morgan fingerprint density at radius 3 is 2.71 bits per heavy atom. The van der Waals surface area contributed by atoms with E-state index < -0.39 is 11.9 Å². The van der Waals surface area contributed by atoms with Crippen molar-refractivity contribution in [3.05, 3.63) is 35.2 Å². The van der Waals surface area contributed by atoms with Crippen molar-refractivity contribution in [3.8, 4) is 0 Å². The van der Waals surface area contributed by atoms with Crippen molar-refractivity contribution in [1.82, 2.24) is 0 Å². The van der Waals surface area contributed by atoms with Crippen LogP contribution in [0, 0.1) is 5.92 Å². The fourth-order valence-corrected chi connectivity index (χ4v) is 2.78. The van der Waals surface area contributed by atoms with Crippen LogP contribution in [0.25, 0.3) is 10.1 Å². The number of benzene rings is 1. The quantitative estimate of drug-likeness (QED) is 0.667. The van der Waals surface area contributed by atoms with Crippen molar-refractivity contribution < 1.29 is 14.7 Å². The first-order valence-corrected chi connectivity index (χ1v) is 6.26. The van der Waals surface area contributed by atoms with Crippen LogP contribution in [0.15, 0.2) is 29.6 Å². The first-order valence-electron chi connectivity index (χ1n) is 5.38. The van der Waals surface area contributed by atoms with E-state index in [1.54, 1.807) is 12.3 Å². The molecular weight excluding hydrogens is 236 g/mol. The summed E-state index contributed by atoms with van der Waals surface area (Å²) in [5.41, 5.74) is 0.528. The lowest BCUT2D eigenvalue weighted by Crippen LogP contribution is -2.22. The van der Waals surface area contributed by atoms with E-state index in [1.165, 1.54) is 11.3 Å². The van der Waals surface area contributed by atoms with Crippen molar-refractivity contribution in [2.75, 3.05) is 0 Å². The maximum absolute atomic E-state index is 12.1. The number of carboxylic acids is 1. The molecule has 0 bridgehead atoms. The van der Waals surface area contributed by atoms with E-state index in [2.05, 4.69) is 0 Å². The Morgan fingerprint density at radius 2 is 2.06 bits per heavy atom. The summed E-state index contributed by atoms with van der Waals surface area (Å²) in [5, 5.41) is 11.6. The van der Waals surface area contributed by atoms with Crippen molar-refractivity contribution in [2.45, 2.75) is 13.3 Å². The van der Waals surface area contributed by atoms with E-state index in [4.69, 9.17) is 5.11 Å². The van der Waals surface area contributed by atoms with Gasteiger partial charge in [-0.05, 0) is 12.5 Å². The minimum atomic E-state index is -1.05. The summed E-state index contributed by atoms with van der Waals surface area (Å²) in [7, 11) is 0. The zero-order valence-corrected chi connectivity index (χ0v) is 10.2. The summed E-state index contributed by atoms with van der Waals surface area (Å²) in [4.78, 5) is 23.1. The highest BCUT2D eigenvalue weighted by Gasteiger charge is 2.26. The molecule has 17 heavy (non-hydrogen) atoms. The van der Waals surface area contributed by atoms with Crippen LogP contribution in [0.2, 0.25) is 0 Å². The molecule has 0 saturated heterocycles. The topological polar surface area (TPSA) is 54.4 Å². The minimum Gasteiger partial charge on any atom is -0.481 e. The summed E-state index contributed by atoms with van der Waals surface area (Å²) >= 11 is 1.47. The Kier molecular flexibility index (Phi) is 3.24. The molecule has 1 aromatic carbocycles. The van der Waals surface area contributed by atoms with Crippen LogP contribution < -0.4 is 0 Å². The van der Waals surface area contributed by atoms with Gasteiger partial charge in [-0.3, -0.25) is 9.59 Å². The smallest absolute Gasteiger partial charge is 0.314 e. The van der Waals surface area contributed by atoms with Gasteiger partial charge < -0.3 is 5.11 Å². The Hall–Kier alpha value is -1.68. The molecule has 0 aliphatic heterocycles. The highest BCUT2D eigenvalue weighted by Crippen LogP contribution is 2.28. The lowest BCUT2D eigenvalue weighted by atomic mass is 9.95. The van der Waals surface area contributed by atoms with Crippen LogP contribution in [0.4, 0.5) is 0 Å². The number of hydrogen-bond acceptors (Lipinski definition) is 3. The van der Waals surface area contributed by atoms with Gasteiger partial charge in [0.25, 0.3) is 0 Å². The van der Waals surface area contributed by atoms with Gasteiger partial charge in [0.2, 0.25) is 0 Å². The molecule has 0 radical (unpaired) electrons. The third-order valence-electron chi connectivity index (χ3n) is 2.77. The molecule has 0 amide bonds. The predicted octanol–water partition coefficient (Wildman–Crippen LogP) is 3.19. The fraction of sp³-hybridized carbons (Fsp3) is 0.231. The van der Waals surface area contributed by atoms with E-state index in [-0.39, 0.29) is 5.78 Å². The number of ketones is 1. The zero-order chi connectivity index (χ0) is 12.4. The van der Waals surface area contributed by atoms with Gasteiger partial charge in [0.1, 0.15) is 5.92 Å². The number of carbonyl (C=O) groups excluding carboxylic acids is 1. The molecule has 0 spiro atoms. The number of hydrogen-bond donors (Lipinski definition) is 1. The van der Waals surface area contributed by atoms with E-state index in [0.29, 0.717) is 12.0 Å². The lowest BCUT2D eigenvalue weighted by Gasteiger charge is -2.07. The highest BCUT2D eigenvalue weighted by molar-refractivity contribution is 7.17. The van der Waals surface area contributed by atoms with E-state index in [1.807, 2.05) is 24.3 Å². The van der Waals surface area contributed by atoms with Gasteiger partial charge in [0.15, 0.2) is 5.78 Å². The molecule has 4 heteroatoms. The highest BCUT2D eigenvalue weighted by atomic mass is 32.1. The second-order valence-electron chi connectivity index (χ2n) is 3.81. The Labute approximate surface area is 103 Å². The van der Waals surface area contributed by atoms with Crippen LogP contribution in [0.1, 0.15) is 23.7 Å². The van der Waals surface area contributed by atoms with Gasteiger partial charge in [0.05, 0.1) is 0 Å². The summed E-state index contributed by atoms with van der Waals surface area (Å²) < 4.78 is 1.01. The van der Waals surface area contributed by atoms with E-state index >= 15 is 0 Å². The molecule has 0 aliphatic rings. The van der Waals surface area contributed by atoms with Crippen molar-refractivity contribution in [2.24, 2.45) is 5.92 Å². The molecule has 1 aromatic heterocycles. The van der Waals surface area contributed by atoms with Crippen LogP contribution in [-0.2, 0) is 4.79 Å². The van der Waals surface area contributed by atoms with Gasteiger partial charge in [-0.1, -0.05) is 25.1 Å². The number of carboxylic acid groups (broad SMARTS) is 1. The molecule has 1 heterocycles. The molecule has 0 aliphatic carbocycles. The Balaban J connectivity index is 2.46. The summed E-state index contributed by atoms with van der Waals surface area (Å²) in [6, 6.07) is 7.54. The lowest BCUT2D eigenvalue weighted by molar-refractivity contribution is -0.140. The van der Waals surface area contributed by atoms with E-state index in [0.717, 1.165) is 10.1 Å². The number of fused-ring (bicyclic) bond motifs is 1. The maximum atomic E-state index is 12.1. The number of thiophene rings is 1. The molecular formula is C13H12O3S. The molecule has 3 nitrogen and oxygen atoms in total. The Bertz CT molecular complexity index is 571. The fourth-order valence-electron chi connectivity index (χ4n) is 1.83. The standard InChI is InChI=1S/C13H12O3S/c1-2-8(13(15)16)12(14)10-7-17-11-6-4-3-5-9(10)11/h3-8H,2H2,1H3,(H,15,16).